The van der Waals surface area contributed by atoms with Crippen molar-refractivity contribution in [3.63, 3.8) is 0 Å². The maximum atomic E-state index is 2.45. The van der Waals surface area contributed by atoms with Gasteiger partial charge in [-0.2, -0.15) is 0 Å². The van der Waals surface area contributed by atoms with E-state index in [2.05, 4.69) is 73.3 Å². The standard InChI is InChI=1S/C16H22N2/c1-4-18(13-12-17(2)3)16-11-7-9-14-8-5-6-10-15(14)16/h5-11H,4,12-13H2,1-3H3. The molecule has 96 valence electrons. The molecule has 0 aliphatic carbocycles. The zero-order chi connectivity index (χ0) is 13.0. The van der Waals surface area contributed by atoms with Crippen LogP contribution >= 0.6 is 0 Å². The van der Waals surface area contributed by atoms with Crippen LogP contribution in [-0.2, 0) is 0 Å². The number of hydrogen-bond donors (Lipinski definition) is 0. The lowest BCUT2D eigenvalue weighted by molar-refractivity contribution is 0.414. The van der Waals surface area contributed by atoms with E-state index in [1.807, 2.05) is 0 Å². The van der Waals surface area contributed by atoms with Crippen LogP contribution in [-0.4, -0.2) is 38.6 Å². The number of fused-ring (bicyclic) bond motifs is 1. The molecule has 0 heterocycles. The lowest BCUT2D eigenvalue weighted by Crippen LogP contribution is -2.31. The molecule has 0 aliphatic heterocycles. The summed E-state index contributed by atoms with van der Waals surface area (Å²) in [6, 6.07) is 15.2. The first-order chi connectivity index (χ1) is 8.72. The Hall–Kier alpha value is -1.54. The lowest BCUT2D eigenvalue weighted by atomic mass is 10.1. The summed E-state index contributed by atoms with van der Waals surface area (Å²) in [4.78, 5) is 4.68. The molecule has 0 unspecified atom stereocenters. The number of nitrogens with zero attached hydrogens (tertiary/aromatic N) is 2. The molecule has 0 fully saturated rings. The van der Waals surface area contributed by atoms with Crippen LogP contribution in [0.3, 0.4) is 0 Å². The van der Waals surface area contributed by atoms with Crippen LogP contribution in [0.15, 0.2) is 42.5 Å². The van der Waals surface area contributed by atoms with E-state index in [9.17, 15) is 0 Å². The van der Waals surface area contributed by atoms with E-state index in [4.69, 9.17) is 0 Å². The molecule has 0 bridgehead atoms. The molecule has 0 saturated heterocycles. The average molecular weight is 242 g/mol. The summed E-state index contributed by atoms with van der Waals surface area (Å²) in [6.45, 7) is 5.41. The van der Waals surface area contributed by atoms with Gasteiger partial charge < -0.3 is 9.80 Å². The predicted octanol–water partition coefficient (Wildman–Crippen LogP) is 3.23. The molecular formula is C16H22N2. The highest BCUT2D eigenvalue weighted by Crippen LogP contribution is 2.26. The fourth-order valence-electron chi connectivity index (χ4n) is 2.25. The fourth-order valence-corrected chi connectivity index (χ4v) is 2.25. The second kappa shape index (κ2) is 5.87. The first-order valence-electron chi connectivity index (χ1n) is 6.60. The first-order valence-corrected chi connectivity index (χ1v) is 6.60. The average Bonchev–Trinajstić information content (AvgIpc) is 2.39. The third-order valence-electron chi connectivity index (χ3n) is 3.31. The molecule has 2 aromatic carbocycles. The number of rotatable bonds is 5. The summed E-state index contributed by atoms with van der Waals surface area (Å²) in [5, 5.41) is 2.67. The van der Waals surface area contributed by atoms with Gasteiger partial charge in [0.2, 0.25) is 0 Å². The van der Waals surface area contributed by atoms with E-state index in [0.29, 0.717) is 0 Å². The minimum atomic E-state index is 1.04. The molecule has 0 saturated carbocycles. The number of benzene rings is 2. The largest absolute Gasteiger partial charge is 0.370 e. The third-order valence-corrected chi connectivity index (χ3v) is 3.31. The van der Waals surface area contributed by atoms with Gasteiger partial charge in [0, 0.05) is 30.7 Å². The van der Waals surface area contributed by atoms with Gasteiger partial charge in [0.15, 0.2) is 0 Å². The monoisotopic (exact) mass is 242 g/mol. The molecule has 0 aliphatic rings. The third kappa shape index (κ3) is 2.82. The zero-order valence-electron chi connectivity index (χ0n) is 11.6. The van der Waals surface area contributed by atoms with Crippen LogP contribution in [0, 0.1) is 0 Å². The van der Waals surface area contributed by atoms with Crippen LogP contribution in [0.25, 0.3) is 10.8 Å². The maximum Gasteiger partial charge on any atom is 0.0446 e. The highest BCUT2D eigenvalue weighted by atomic mass is 15.2. The quantitative estimate of drug-likeness (QED) is 0.794. The van der Waals surface area contributed by atoms with Crippen LogP contribution < -0.4 is 4.90 Å². The van der Waals surface area contributed by atoms with Gasteiger partial charge in [-0.25, -0.2) is 0 Å². The first kappa shape index (κ1) is 12.9. The summed E-state index contributed by atoms with van der Waals surface area (Å²) in [5.41, 5.74) is 1.34. The molecule has 0 aromatic heterocycles. The van der Waals surface area contributed by atoms with Gasteiger partial charge in [0.1, 0.15) is 0 Å². The Morgan fingerprint density at radius 1 is 0.889 bits per heavy atom. The Kier molecular flexibility index (Phi) is 4.21. The second-order valence-electron chi connectivity index (χ2n) is 4.88. The Morgan fingerprint density at radius 2 is 1.61 bits per heavy atom. The Morgan fingerprint density at radius 3 is 2.33 bits per heavy atom. The van der Waals surface area contributed by atoms with Crippen molar-refractivity contribution < 1.29 is 0 Å². The molecule has 0 radical (unpaired) electrons. The van der Waals surface area contributed by atoms with Gasteiger partial charge in [-0.1, -0.05) is 36.4 Å². The minimum absolute atomic E-state index is 1.04. The molecule has 0 spiro atoms. The molecule has 2 rings (SSSR count). The van der Waals surface area contributed by atoms with E-state index in [0.717, 1.165) is 19.6 Å². The van der Waals surface area contributed by atoms with Crippen molar-refractivity contribution in [2.75, 3.05) is 38.6 Å². The Bertz CT molecular complexity index is 500. The molecular weight excluding hydrogens is 220 g/mol. The minimum Gasteiger partial charge on any atom is -0.370 e. The number of likely N-dealkylation sites (N-methyl/N-ethyl adjacent to an activating group) is 2. The summed E-state index contributed by atoms with van der Waals surface area (Å²) >= 11 is 0. The van der Waals surface area contributed by atoms with Gasteiger partial charge >= 0.3 is 0 Å². The molecule has 18 heavy (non-hydrogen) atoms. The van der Waals surface area contributed by atoms with Crippen molar-refractivity contribution >= 4 is 16.5 Å². The lowest BCUT2D eigenvalue weighted by Gasteiger charge is -2.26. The molecule has 0 amide bonds. The van der Waals surface area contributed by atoms with Crippen molar-refractivity contribution in [2.24, 2.45) is 0 Å². The highest BCUT2D eigenvalue weighted by Gasteiger charge is 2.07. The van der Waals surface area contributed by atoms with Gasteiger partial charge in [-0.3, -0.25) is 0 Å². The van der Waals surface area contributed by atoms with Crippen molar-refractivity contribution in [2.45, 2.75) is 6.92 Å². The SMILES string of the molecule is CCN(CCN(C)C)c1cccc2ccccc12. The van der Waals surface area contributed by atoms with Gasteiger partial charge in [-0.15, -0.1) is 0 Å². The van der Waals surface area contributed by atoms with Crippen molar-refractivity contribution in [3.8, 4) is 0 Å². The fraction of sp³-hybridized carbons (Fsp3) is 0.375. The van der Waals surface area contributed by atoms with E-state index < -0.39 is 0 Å². The van der Waals surface area contributed by atoms with Crippen LogP contribution in [0.4, 0.5) is 5.69 Å². The van der Waals surface area contributed by atoms with Crippen LogP contribution in [0.2, 0.25) is 0 Å². The van der Waals surface area contributed by atoms with E-state index in [1.54, 1.807) is 0 Å². The zero-order valence-corrected chi connectivity index (χ0v) is 11.6. The van der Waals surface area contributed by atoms with E-state index in [1.165, 1.54) is 16.5 Å². The number of anilines is 1. The molecule has 0 atom stereocenters. The summed E-state index contributed by atoms with van der Waals surface area (Å²) in [6.07, 6.45) is 0. The molecule has 2 nitrogen and oxygen atoms in total. The van der Waals surface area contributed by atoms with Crippen LogP contribution in [0.5, 0.6) is 0 Å². The molecule has 0 N–H and O–H groups in total. The molecule has 2 heteroatoms. The summed E-state index contributed by atoms with van der Waals surface area (Å²) in [5.74, 6) is 0. The van der Waals surface area contributed by atoms with E-state index in [-0.39, 0.29) is 0 Å². The summed E-state index contributed by atoms with van der Waals surface area (Å²) < 4.78 is 0. The van der Waals surface area contributed by atoms with Gasteiger partial charge in [0.25, 0.3) is 0 Å². The maximum absolute atomic E-state index is 2.45. The van der Waals surface area contributed by atoms with Gasteiger partial charge in [0.05, 0.1) is 0 Å². The highest BCUT2D eigenvalue weighted by molar-refractivity contribution is 5.94. The van der Waals surface area contributed by atoms with Crippen molar-refractivity contribution in [1.29, 1.82) is 0 Å². The molecule has 2 aromatic rings. The second-order valence-corrected chi connectivity index (χ2v) is 4.88. The Labute approximate surface area is 110 Å². The normalized spacial score (nSPS) is 11.1. The Balaban J connectivity index is 2.32. The summed E-state index contributed by atoms with van der Waals surface area (Å²) in [7, 11) is 4.24. The van der Waals surface area contributed by atoms with Crippen molar-refractivity contribution in [3.05, 3.63) is 42.5 Å². The number of hydrogen-bond acceptors (Lipinski definition) is 2. The predicted molar refractivity (Wildman–Crippen MR) is 80.4 cm³/mol. The van der Waals surface area contributed by atoms with Crippen LogP contribution in [0.1, 0.15) is 6.92 Å². The smallest absolute Gasteiger partial charge is 0.0446 e. The van der Waals surface area contributed by atoms with Crippen molar-refractivity contribution in [1.82, 2.24) is 4.90 Å². The van der Waals surface area contributed by atoms with Gasteiger partial charge in [-0.05, 0) is 32.5 Å². The van der Waals surface area contributed by atoms with E-state index >= 15 is 0 Å². The topological polar surface area (TPSA) is 6.48 Å².